The SMILES string of the molecule is C=CCCCSc1cc(F)ccc1N. The highest BCUT2D eigenvalue weighted by atomic mass is 32.2. The first-order valence-electron chi connectivity index (χ1n) is 4.52. The lowest BCUT2D eigenvalue weighted by Crippen LogP contribution is -1.90. The second kappa shape index (κ2) is 5.70. The van der Waals surface area contributed by atoms with Crippen LogP contribution in [0.25, 0.3) is 0 Å². The minimum atomic E-state index is -0.231. The highest BCUT2D eigenvalue weighted by molar-refractivity contribution is 7.99. The lowest BCUT2D eigenvalue weighted by Gasteiger charge is -2.04. The maximum atomic E-state index is 12.8. The number of allylic oxidation sites excluding steroid dienone is 1. The number of hydrogen-bond acceptors (Lipinski definition) is 2. The molecule has 3 heteroatoms. The molecule has 0 heterocycles. The highest BCUT2D eigenvalue weighted by Crippen LogP contribution is 2.26. The quantitative estimate of drug-likeness (QED) is 0.349. The molecule has 0 unspecified atom stereocenters. The lowest BCUT2D eigenvalue weighted by molar-refractivity contribution is 0.624. The predicted molar refractivity (Wildman–Crippen MR) is 61.0 cm³/mol. The van der Waals surface area contributed by atoms with Gasteiger partial charge >= 0.3 is 0 Å². The molecule has 0 spiro atoms. The van der Waals surface area contributed by atoms with Gasteiger partial charge in [0.25, 0.3) is 0 Å². The first kappa shape index (κ1) is 11.1. The normalized spacial score (nSPS) is 10.1. The summed E-state index contributed by atoms with van der Waals surface area (Å²) in [5.74, 6) is 0.713. The number of unbranched alkanes of at least 4 members (excludes halogenated alkanes) is 1. The maximum Gasteiger partial charge on any atom is 0.124 e. The number of rotatable bonds is 5. The average molecular weight is 211 g/mol. The largest absolute Gasteiger partial charge is 0.398 e. The summed E-state index contributed by atoms with van der Waals surface area (Å²) in [6.45, 7) is 3.64. The van der Waals surface area contributed by atoms with Crippen molar-refractivity contribution in [3.05, 3.63) is 36.7 Å². The van der Waals surface area contributed by atoms with Crippen molar-refractivity contribution in [3.8, 4) is 0 Å². The van der Waals surface area contributed by atoms with Crippen LogP contribution in [0.2, 0.25) is 0 Å². The van der Waals surface area contributed by atoms with Crippen LogP contribution in [-0.2, 0) is 0 Å². The van der Waals surface area contributed by atoms with E-state index in [9.17, 15) is 4.39 Å². The number of benzene rings is 1. The van der Waals surface area contributed by atoms with E-state index in [0.29, 0.717) is 5.69 Å². The van der Waals surface area contributed by atoms with Crippen molar-refractivity contribution in [2.75, 3.05) is 11.5 Å². The lowest BCUT2D eigenvalue weighted by atomic mass is 10.3. The molecule has 0 aliphatic heterocycles. The monoisotopic (exact) mass is 211 g/mol. The van der Waals surface area contributed by atoms with Crippen LogP contribution in [0.1, 0.15) is 12.8 Å². The van der Waals surface area contributed by atoms with Gasteiger partial charge in [-0.2, -0.15) is 0 Å². The minimum Gasteiger partial charge on any atom is -0.398 e. The fourth-order valence-electron chi connectivity index (χ4n) is 1.04. The fourth-order valence-corrected chi connectivity index (χ4v) is 2.00. The number of nitrogens with two attached hydrogens (primary N) is 1. The molecule has 1 rings (SSSR count). The van der Waals surface area contributed by atoms with Gasteiger partial charge in [0.15, 0.2) is 0 Å². The molecule has 1 aromatic carbocycles. The molecule has 0 radical (unpaired) electrons. The Bertz CT molecular complexity index is 312. The van der Waals surface area contributed by atoms with Crippen molar-refractivity contribution >= 4 is 17.4 Å². The first-order valence-corrected chi connectivity index (χ1v) is 5.51. The standard InChI is InChI=1S/C11H14FNS/c1-2-3-4-7-14-11-8-9(12)5-6-10(11)13/h2,5-6,8H,1,3-4,7,13H2. The number of thioether (sulfide) groups is 1. The third kappa shape index (κ3) is 3.42. The van der Waals surface area contributed by atoms with Crippen LogP contribution < -0.4 is 5.73 Å². The molecule has 0 aromatic heterocycles. The second-order valence-corrected chi connectivity index (χ2v) is 4.10. The Balaban J connectivity index is 2.49. The van der Waals surface area contributed by atoms with E-state index in [1.54, 1.807) is 17.8 Å². The van der Waals surface area contributed by atoms with Crippen molar-refractivity contribution in [2.24, 2.45) is 0 Å². The Morgan fingerprint density at radius 3 is 3.00 bits per heavy atom. The Morgan fingerprint density at radius 1 is 1.50 bits per heavy atom. The van der Waals surface area contributed by atoms with Crippen molar-refractivity contribution in [2.45, 2.75) is 17.7 Å². The zero-order chi connectivity index (χ0) is 10.4. The predicted octanol–water partition coefficient (Wildman–Crippen LogP) is 3.47. The average Bonchev–Trinajstić information content (AvgIpc) is 2.18. The van der Waals surface area contributed by atoms with Crippen LogP contribution in [0, 0.1) is 5.82 Å². The van der Waals surface area contributed by atoms with Gasteiger partial charge < -0.3 is 5.73 Å². The van der Waals surface area contributed by atoms with E-state index in [1.165, 1.54) is 12.1 Å². The van der Waals surface area contributed by atoms with Crippen molar-refractivity contribution < 1.29 is 4.39 Å². The Kier molecular flexibility index (Phi) is 4.53. The molecular weight excluding hydrogens is 197 g/mol. The third-order valence-electron chi connectivity index (χ3n) is 1.79. The number of hydrogen-bond donors (Lipinski definition) is 1. The Morgan fingerprint density at radius 2 is 2.29 bits per heavy atom. The third-order valence-corrected chi connectivity index (χ3v) is 2.94. The summed E-state index contributed by atoms with van der Waals surface area (Å²) < 4.78 is 12.8. The summed E-state index contributed by atoms with van der Waals surface area (Å²) in [4.78, 5) is 0.828. The van der Waals surface area contributed by atoms with Crippen LogP contribution in [0.3, 0.4) is 0 Å². The highest BCUT2D eigenvalue weighted by Gasteiger charge is 2.00. The summed E-state index contributed by atoms with van der Waals surface area (Å²) in [7, 11) is 0. The molecule has 0 aliphatic rings. The molecule has 0 atom stereocenters. The molecule has 0 saturated heterocycles. The molecule has 0 fully saturated rings. The van der Waals surface area contributed by atoms with Gasteiger partial charge in [0.2, 0.25) is 0 Å². The molecular formula is C11H14FNS. The summed E-state index contributed by atoms with van der Waals surface area (Å²) in [6.07, 6.45) is 3.92. The van der Waals surface area contributed by atoms with Crippen molar-refractivity contribution in [1.82, 2.24) is 0 Å². The number of halogens is 1. The second-order valence-electron chi connectivity index (χ2n) is 2.96. The van der Waals surface area contributed by atoms with Crippen molar-refractivity contribution in [3.63, 3.8) is 0 Å². The van der Waals surface area contributed by atoms with Crippen LogP contribution in [0.15, 0.2) is 35.7 Å². The molecule has 0 saturated carbocycles. The van der Waals surface area contributed by atoms with E-state index in [1.807, 2.05) is 6.08 Å². The molecule has 0 aliphatic carbocycles. The zero-order valence-corrected chi connectivity index (χ0v) is 8.82. The number of nitrogen functional groups attached to an aromatic ring is 1. The van der Waals surface area contributed by atoms with Crippen LogP contribution in [0.4, 0.5) is 10.1 Å². The summed E-state index contributed by atoms with van der Waals surface area (Å²) in [6, 6.07) is 4.46. The first-order chi connectivity index (χ1) is 6.74. The van der Waals surface area contributed by atoms with Gasteiger partial charge in [0, 0.05) is 10.6 Å². The van der Waals surface area contributed by atoms with E-state index in [2.05, 4.69) is 6.58 Å². The van der Waals surface area contributed by atoms with E-state index >= 15 is 0 Å². The van der Waals surface area contributed by atoms with E-state index < -0.39 is 0 Å². The number of anilines is 1. The topological polar surface area (TPSA) is 26.0 Å². The molecule has 2 N–H and O–H groups in total. The van der Waals surface area contributed by atoms with Crippen LogP contribution >= 0.6 is 11.8 Å². The molecule has 1 nitrogen and oxygen atoms in total. The van der Waals surface area contributed by atoms with Crippen LogP contribution in [-0.4, -0.2) is 5.75 Å². The molecule has 0 bridgehead atoms. The van der Waals surface area contributed by atoms with Gasteiger partial charge in [0.05, 0.1) is 0 Å². The van der Waals surface area contributed by atoms with Gasteiger partial charge in [-0.25, -0.2) is 4.39 Å². The fraction of sp³-hybridized carbons (Fsp3) is 0.273. The molecule has 1 aromatic rings. The summed E-state index contributed by atoms with van der Waals surface area (Å²) in [5, 5.41) is 0. The van der Waals surface area contributed by atoms with Gasteiger partial charge in [-0.1, -0.05) is 6.08 Å². The van der Waals surface area contributed by atoms with Crippen LogP contribution in [0.5, 0.6) is 0 Å². The summed E-state index contributed by atoms with van der Waals surface area (Å²) >= 11 is 1.59. The van der Waals surface area contributed by atoms with E-state index in [4.69, 9.17) is 5.73 Å². The van der Waals surface area contributed by atoms with E-state index in [0.717, 1.165) is 23.5 Å². The molecule has 0 amide bonds. The Hall–Kier alpha value is -0.960. The van der Waals surface area contributed by atoms with Gasteiger partial charge in [0.1, 0.15) is 5.82 Å². The van der Waals surface area contributed by atoms with Crippen molar-refractivity contribution in [1.29, 1.82) is 0 Å². The molecule has 14 heavy (non-hydrogen) atoms. The smallest absolute Gasteiger partial charge is 0.124 e. The van der Waals surface area contributed by atoms with Gasteiger partial charge in [-0.3, -0.25) is 0 Å². The zero-order valence-electron chi connectivity index (χ0n) is 8.00. The minimum absolute atomic E-state index is 0.231. The summed E-state index contributed by atoms with van der Waals surface area (Å²) in [5.41, 5.74) is 6.34. The maximum absolute atomic E-state index is 12.8. The molecule has 76 valence electrons. The van der Waals surface area contributed by atoms with Gasteiger partial charge in [-0.05, 0) is 36.8 Å². The van der Waals surface area contributed by atoms with Gasteiger partial charge in [-0.15, -0.1) is 18.3 Å². The Labute approximate surface area is 88.2 Å². The van der Waals surface area contributed by atoms with E-state index in [-0.39, 0.29) is 5.82 Å².